The third kappa shape index (κ3) is 2.38. The largest absolute Gasteiger partial charge is 0.324 e. The maximum Gasteiger partial charge on any atom is 0.142 e. The van der Waals surface area contributed by atoms with Crippen LogP contribution in [0.5, 0.6) is 0 Å². The van der Waals surface area contributed by atoms with Crippen LogP contribution < -0.4 is 0 Å². The molecule has 0 aliphatic heterocycles. The molecule has 0 aliphatic carbocycles. The Morgan fingerprint density at radius 2 is 2.10 bits per heavy atom. The van der Waals surface area contributed by atoms with E-state index < -0.39 is 0 Å². The molecule has 4 nitrogen and oxygen atoms in total. The second-order valence-electron chi connectivity index (χ2n) is 5.15. The quantitative estimate of drug-likeness (QED) is 0.733. The van der Waals surface area contributed by atoms with Gasteiger partial charge in [-0.2, -0.15) is 5.26 Å². The number of fused-ring (bicyclic) bond motifs is 1. The molecule has 0 saturated carbocycles. The number of imidazole rings is 1. The molecule has 2 heterocycles. The molecule has 104 valence electrons. The highest BCUT2D eigenvalue weighted by atomic mass is 15.1. The summed E-state index contributed by atoms with van der Waals surface area (Å²) in [5, 5.41) is 9.04. The van der Waals surface area contributed by atoms with Crippen molar-refractivity contribution in [2.75, 3.05) is 0 Å². The number of nitrogens with zero attached hydrogens (tertiary/aromatic N) is 4. The summed E-state index contributed by atoms with van der Waals surface area (Å²) in [4.78, 5) is 8.98. The van der Waals surface area contributed by atoms with Crippen molar-refractivity contribution in [2.24, 2.45) is 0 Å². The van der Waals surface area contributed by atoms with Crippen molar-refractivity contribution in [3.05, 3.63) is 47.8 Å². The first-order valence-corrected chi connectivity index (χ1v) is 7.05. The van der Waals surface area contributed by atoms with E-state index in [4.69, 9.17) is 10.2 Å². The molecule has 1 aromatic carbocycles. The smallest absolute Gasteiger partial charge is 0.142 e. The molecular formula is C17H16N4. The molecule has 4 heteroatoms. The van der Waals surface area contributed by atoms with E-state index in [1.165, 1.54) is 0 Å². The second-order valence-corrected chi connectivity index (χ2v) is 5.15. The van der Waals surface area contributed by atoms with Gasteiger partial charge in [-0.05, 0) is 43.2 Å². The predicted molar refractivity (Wildman–Crippen MR) is 82.7 cm³/mol. The lowest BCUT2D eigenvalue weighted by Crippen LogP contribution is -2.00. The van der Waals surface area contributed by atoms with E-state index in [0.717, 1.165) is 41.0 Å². The van der Waals surface area contributed by atoms with Crippen molar-refractivity contribution < 1.29 is 0 Å². The summed E-state index contributed by atoms with van der Waals surface area (Å²) in [6.07, 6.45) is 4.70. The zero-order valence-corrected chi connectivity index (χ0v) is 12.2. The summed E-state index contributed by atoms with van der Waals surface area (Å²) in [5.41, 5.74) is 4.68. The molecular weight excluding hydrogens is 260 g/mol. The van der Waals surface area contributed by atoms with E-state index in [-0.39, 0.29) is 0 Å². The van der Waals surface area contributed by atoms with Crippen molar-refractivity contribution >= 4 is 11.0 Å². The first-order chi connectivity index (χ1) is 10.2. The summed E-state index contributed by atoms with van der Waals surface area (Å²) >= 11 is 0. The van der Waals surface area contributed by atoms with Gasteiger partial charge < -0.3 is 4.57 Å². The van der Waals surface area contributed by atoms with Gasteiger partial charge in [-0.15, -0.1) is 0 Å². The van der Waals surface area contributed by atoms with Crippen LogP contribution in [0.2, 0.25) is 0 Å². The van der Waals surface area contributed by atoms with Gasteiger partial charge in [-0.25, -0.2) is 4.98 Å². The van der Waals surface area contributed by atoms with Gasteiger partial charge in [0.15, 0.2) is 0 Å². The van der Waals surface area contributed by atoms with Gasteiger partial charge in [0.05, 0.1) is 22.7 Å². The minimum Gasteiger partial charge on any atom is -0.324 e. The zero-order chi connectivity index (χ0) is 14.8. The zero-order valence-electron chi connectivity index (χ0n) is 12.2. The van der Waals surface area contributed by atoms with Crippen molar-refractivity contribution in [3.8, 4) is 17.5 Å². The molecule has 0 saturated heterocycles. The number of hydrogen-bond donors (Lipinski definition) is 0. The van der Waals surface area contributed by atoms with E-state index in [1.54, 1.807) is 0 Å². The molecule has 0 atom stereocenters. The van der Waals surface area contributed by atoms with Gasteiger partial charge >= 0.3 is 0 Å². The Balaban J connectivity index is 2.26. The number of aromatic nitrogens is 3. The number of aryl methyl sites for hydroxylation is 2. The third-order valence-corrected chi connectivity index (χ3v) is 3.46. The van der Waals surface area contributed by atoms with Gasteiger partial charge in [0.1, 0.15) is 5.82 Å². The summed E-state index contributed by atoms with van der Waals surface area (Å²) < 4.78 is 2.20. The maximum absolute atomic E-state index is 9.04. The molecule has 0 N–H and O–H groups in total. The highest BCUT2D eigenvalue weighted by molar-refractivity contribution is 5.81. The summed E-state index contributed by atoms with van der Waals surface area (Å²) in [7, 11) is 0. The molecule has 0 radical (unpaired) electrons. The number of benzene rings is 1. The Kier molecular flexibility index (Phi) is 3.41. The molecule has 3 rings (SSSR count). The fraction of sp³-hybridized carbons (Fsp3) is 0.235. The van der Waals surface area contributed by atoms with Gasteiger partial charge in [-0.1, -0.05) is 6.92 Å². The first kappa shape index (κ1) is 13.3. The summed E-state index contributed by atoms with van der Waals surface area (Å²) in [5.74, 6) is 0.915. The van der Waals surface area contributed by atoms with Crippen LogP contribution in [0.25, 0.3) is 22.4 Å². The fourth-order valence-corrected chi connectivity index (χ4v) is 2.55. The normalized spacial score (nSPS) is 10.7. The third-order valence-electron chi connectivity index (χ3n) is 3.46. The molecule has 21 heavy (non-hydrogen) atoms. The van der Waals surface area contributed by atoms with Crippen molar-refractivity contribution in [3.63, 3.8) is 0 Å². The van der Waals surface area contributed by atoms with Crippen molar-refractivity contribution in [2.45, 2.75) is 26.8 Å². The van der Waals surface area contributed by atoms with Crippen LogP contribution in [-0.2, 0) is 6.54 Å². The molecule has 0 bridgehead atoms. The van der Waals surface area contributed by atoms with E-state index in [9.17, 15) is 0 Å². The molecule has 2 aromatic heterocycles. The molecule has 0 amide bonds. The number of rotatable bonds is 3. The highest BCUT2D eigenvalue weighted by Gasteiger charge is 2.13. The standard InChI is InChI=1S/C17H16N4/c1-3-6-21-16-5-4-13(9-18)8-15(16)20-17(21)14-7-12(2)10-19-11-14/h4-5,7-8,10-11H,3,6H2,1-2H3. The Bertz CT molecular complexity index is 840. The highest BCUT2D eigenvalue weighted by Crippen LogP contribution is 2.26. The Labute approximate surface area is 123 Å². The van der Waals surface area contributed by atoms with Crippen molar-refractivity contribution in [1.29, 1.82) is 5.26 Å². The van der Waals surface area contributed by atoms with Crippen LogP contribution in [0.15, 0.2) is 36.7 Å². The Morgan fingerprint density at radius 3 is 2.81 bits per heavy atom. The van der Waals surface area contributed by atoms with Crippen LogP contribution >= 0.6 is 0 Å². The maximum atomic E-state index is 9.04. The average molecular weight is 276 g/mol. The molecule has 0 spiro atoms. The molecule has 0 unspecified atom stereocenters. The SMILES string of the molecule is CCCn1c(-c2cncc(C)c2)nc2cc(C#N)ccc21. The van der Waals surface area contributed by atoms with Crippen LogP contribution in [0.3, 0.4) is 0 Å². The van der Waals surface area contributed by atoms with E-state index >= 15 is 0 Å². The Morgan fingerprint density at radius 1 is 1.24 bits per heavy atom. The van der Waals surface area contributed by atoms with Crippen LogP contribution in [0.1, 0.15) is 24.5 Å². The lowest BCUT2D eigenvalue weighted by molar-refractivity contribution is 0.704. The number of nitriles is 1. The molecule has 0 aliphatic rings. The van der Waals surface area contributed by atoms with Gasteiger partial charge in [0, 0.05) is 24.5 Å². The minimum atomic E-state index is 0.637. The van der Waals surface area contributed by atoms with Gasteiger partial charge in [-0.3, -0.25) is 4.98 Å². The predicted octanol–water partition coefficient (Wildman–Crippen LogP) is 3.69. The monoisotopic (exact) mass is 276 g/mol. The lowest BCUT2D eigenvalue weighted by atomic mass is 10.2. The van der Waals surface area contributed by atoms with Crippen molar-refractivity contribution in [1.82, 2.24) is 14.5 Å². The molecule has 0 fully saturated rings. The average Bonchev–Trinajstić information content (AvgIpc) is 2.85. The Hall–Kier alpha value is -2.67. The summed E-state index contributed by atoms with van der Waals surface area (Å²) in [6, 6.07) is 9.91. The van der Waals surface area contributed by atoms with Crippen LogP contribution in [0.4, 0.5) is 0 Å². The van der Waals surface area contributed by atoms with E-state index in [0.29, 0.717) is 5.56 Å². The van der Waals surface area contributed by atoms with E-state index in [1.807, 2.05) is 37.5 Å². The number of pyridine rings is 1. The first-order valence-electron chi connectivity index (χ1n) is 7.05. The fourth-order valence-electron chi connectivity index (χ4n) is 2.55. The van der Waals surface area contributed by atoms with Gasteiger partial charge in [0.25, 0.3) is 0 Å². The summed E-state index contributed by atoms with van der Waals surface area (Å²) in [6.45, 7) is 5.07. The van der Waals surface area contributed by atoms with Gasteiger partial charge in [0.2, 0.25) is 0 Å². The molecule has 3 aromatic rings. The van der Waals surface area contributed by atoms with Crippen LogP contribution in [-0.4, -0.2) is 14.5 Å². The second kappa shape index (κ2) is 5.37. The minimum absolute atomic E-state index is 0.637. The van der Waals surface area contributed by atoms with E-state index in [2.05, 4.69) is 28.6 Å². The lowest BCUT2D eigenvalue weighted by Gasteiger charge is -2.08. The van der Waals surface area contributed by atoms with Crippen LogP contribution in [0, 0.1) is 18.3 Å². The topological polar surface area (TPSA) is 54.5 Å². The number of hydrogen-bond acceptors (Lipinski definition) is 3.